The molecule has 28 heavy (non-hydrogen) atoms. The predicted molar refractivity (Wildman–Crippen MR) is 107 cm³/mol. The van der Waals surface area contributed by atoms with Crippen molar-refractivity contribution in [3.63, 3.8) is 0 Å². The summed E-state index contributed by atoms with van der Waals surface area (Å²) in [6, 6.07) is 0.530. The van der Waals surface area contributed by atoms with Gasteiger partial charge in [-0.25, -0.2) is 10.6 Å². The second-order valence-corrected chi connectivity index (χ2v) is 8.83. The molecule has 2 unspecified atom stereocenters. The Morgan fingerprint density at radius 3 is 2.86 bits per heavy atom. The number of hydrogen-bond donors (Lipinski definition) is 5. The molecular weight excluding hydrogens is 358 g/mol. The normalized spacial score (nSPS) is 33.0. The lowest BCUT2D eigenvalue weighted by atomic mass is 9.92. The van der Waals surface area contributed by atoms with Gasteiger partial charge in [-0.15, -0.1) is 0 Å². The molecule has 6 N–H and O–H groups in total. The highest BCUT2D eigenvalue weighted by Crippen LogP contribution is 2.36. The maximum Gasteiger partial charge on any atom is 0.335 e. The fourth-order valence-corrected chi connectivity index (χ4v) is 4.81. The second-order valence-electron chi connectivity index (χ2n) is 8.83. The van der Waals surface area contributed by atoms with Gasteiger partial charge < -0.3 is 20.3 Å². The highest BCUT2D eigenvalue weighted by Gasteiger charge is 2.49. The summed E-state index contributed by atoms with van der Waals surface area (Å²) in [6.45, 7) is 8.20. The molecule has 0 aromatic rings. The highest BCUT2D eigenvalue weighted by atomic mass is 16.5. The van der Waals surface area contributed by atoms with E-state index in [0.29, 0.717) is 12.6 Å². The molecule has 3 saturated heterocycles. The molecule has 4 heterocycles. The van der Waals surface area contributed by atoms with Crippen LogP contribution < -0.4 is 27.1 Å². The van der Waals surface area contributed by atoms with Crippen molar-refractivity contribution >= 4 is 6.03 Å². The van der Waals surface area contributed by atoms with Gasteiger partial charge in [0, 0.05) is 38.5 Å². The molecule has 0 aromatic heterocycles. The number of carbonyl (C=O) groups excluding carboxylic acids is 1. The lowest BCUT2D eigenvalue weighted by Crippen LogP contribution is -2.61. The van der Waals surface area contributed by atoms with Crippen molar-refractivity contribution in [3.05, 3.63) is 11.8 Å². The number of amides is 2. The molecule has 3 fully saturated rings. The van der Waals surface area contributed by atoms with Crippen LogP contribution in [-0.4, -0.2) is 78.7 Å². The van der Waals surface area contributed by atoms with E-state index in [1.54, 1.807) is 0 Å². The summed E-state index contributed by atoms with van der Waals surface area (Å²) in [5.41, 5.74) is 0.812. The van der Waals surface area contributed by atoms with Gasteiger partial charge in [0.25, 0.3) is 0 Å². The molecule has 2 amide bonds. The van der Waals surface area contributed by atoms with Gasteiger partial charge in [0.1, 0.15) is 6.29 Å². The van der Waals surface area contributed by atoms with Gasteiger partial charge in [-0.2, -0.15) is 0 Å². The zero-order valence-electron chi connectivity index (χ0n) is 17.0. The number of rotatable bonds is 3. The van der Waals surface area contributed by atoms with Crippen molar-refractivity contribution < 1.29 is 9.53 Å². The molecule has 9 nitrogen and oxygen atoms in total. The molecule has 4 aliphatic heterocycles. The van der Waals surface area contributed by atoms with Crippen molar-refractivity contribution in [1.82, 2.24) is 31.2 Å². The summed E-state index contributed by atoms with van der Waals surface area (Å²) in [6.07, 6.45) is 6.12. The molecule has 0 aliphatic carbocycles. The fourth-order valence-electron chi connectivity index (χ4n) is 4.81. The average molecular weight is 394 g/mol. The Bertz CT molecular complexity index is 599. The first kappa shape index (κ1) is 19.9. The van der Waals surface area contributed by atoms with Crippen molar-refractivity contribution in [2.75, 3.05) is 32.8 Å². The number of nitrogens with one attached hydrogen (secondary N) is 4. The molecule has 0 aromatic carbocycles. The van der Waals surface area contributed by atoms with Crippen molar-refractivity contribution in [2.45, 2.75) is 69.5 Å². The van der Waals surface area contributed by atoms with Crippen LogP contribution in [0, 0.1) is 0 Å². The third-order valence-electron chi connectivity index (χ3n) is 6.63. The standard InChI is InChI=1S/C19H35N7O2/c1-19(2)15-11-22-17(23-13-5-8-28-9-6-13)24-16(15)12-25(19)18(27)26(20)14-4-3-7-21-10-14/h11,13-14,16-17,21-24H,3-10,12,20H2,1-2H3/t14-,16?,17?/m1/s1. The van der Waals surface area contributed by atoms with E-state index in [0.717, 1.165) is 52.0 Å². The Morgan fingerprint density at radius 1 is 1.36 bits per heavy atom. The first-order valence-corrected chi connectivity index (χ1v) is 10.6. The van der Waals surface area contributed by atoms with Gasteiger partial charge in [-0.3, -0.25) is 15.6 Å². The summed E-state index contributed by atoms with van der Waals surface area (Å²) in [5, 5.41) is 15.4. The number of nitrogens with two attached hydrogens (primary N) is 1. The molecule has 0 saturated carbocycles. The summed E-state index contributed by atoms with van der Waals surface area (Å²) in [4.78, 5) is 15.1. The minimum absolute atomic E-state index is 0.000717. The van der Waals surface area contributed by atoms with Gasteiger partial charge in [-0.05, 0) is 51.6 Å². The van der Waals surface area contributed by atoms with Crippen LogP contribution in [0.2, 0.25) is 0 Å². The Hall–Kier alpha value is -1.39. The SMILES string of the molecule is CC1(C)C2=CNC(NC3CCOCC3)NC2CN1C(=O)N(N)[C@@H]1CCCNC1. The zero-order valence-corrected chi connectivity index (χ0v) is 17.0. The number of hydrogen-bond acceptors (Lipinski definition) is 7. The summed E-state index contributed by atoms with van der Waals surface area (Å²) >= 11 is 0. The number of hydrazine groups is 1. The zero-order chi connectivity index (χ0) is 19.7. The Balaban J connectivity index is 1.40. The Labute approximate surface area is 167 Å². The van der Waals surface area contributed by atoms with Crippen molar-refractivity contribution in [2.24, 2.45) is 5.84 Å². The number of carbonyl (C=O) groups is 1. The monoisotopic (exact) mass is 393 g/mol. The number of nitrogens with zero attached hydrogens (tertiary/aromatic N) is 2. The Morgan fingerprint density at radius 2 is 2.14 bits per heavy atom. The predicted octanol–water partition coefficient (Wildman–Crippen LogP) is -0.374. The van der Waals surface area contributed by atoms with Crippen LogP contribution in [0.5, 0.6) is 0 Å². The van der Waals surface area contributed by atoms with Crippen LogP contribution in [0.15, 0.2) is 11.8 Å². The van der Waals surface area contributed by atoms with Crippen LogP contribution in [0.4, 0.5) is 4.79 Å². The van der Waals surface area contributed by atoms with Gasteiger partial charge >= 0.3 is 6.03 Å². The number of piperidine rings is 1. The van der Waals surface area contributed by atoms with E-state index in [1.807, 2.05) is 4.90 Å². The molecular formula is C19H35N7O2. The van der Waals surface area contributed by atoms with Crippen LogP contribution >= 0.6 is 0 Å². The van der Waals surface area contributed by atoms with Gasteiger partial charge in [-0.1, -0.05) is 0 Å². The molecule has 9 heteroatoms. The Kier molecular flexibility index (Phi) is 5.80. The van der Waals surface area contributed by atoms with Gasteiger partial charge in [0.15, 0.2) is 0 Å². The maximum absolute atomic E-state index is 13.2. The van der Waals surface area contributed by atoms with E-state index < -0.39 is 0 Å². The molecule has 0 radical (unpaired) electrons. The third-order valence-corrected chi connectivity index (χ3v) is 6.63. The van der Waals surface area contributed by atoms with Gasteiger partial charge in [0.2, 0.25) is 0 Å². The summed E-state index contributed by atoms with van der Waals surface area (Å²) < 4.78 is 5.44. The quantitative estimate of drug-likeness (QED) is 0.253. The number of urea groups is 1. The maximum atomic E-state index is 13.2. The molecule has 0 spiro atoms. The third kappa shape index (κ3) is 3.86. The topological polar surface area (TPSA) is 107 Å². The van der Waals surface area contributed by atoms with Crippen LogP contribution in [-0.2, 0) is 4.74 Å². The van der Waals surface area contributed by atoms with Crippen LogP contribution in [0.1, 0.15) is 39.5 Å². The molecule has 3 atom stereocenters. The van der Waals surface area contributed by atoms with E-state index in [9.17, 15) is 4.79 Å². The first-order valence-electron chi connectivity index (χ1n) is 10.6. The van der Waals surface area contributed by atoms with E-state index in [4.69, 9.17) is 10.6 Å². The fraction of sp³-hybridized carbons (Fsp3) is 0.842. The molecule has 4 aliphatic rings. The molecule has 4 rings (SSSR count). The minimum Gasteiger partial charge on any atom is -0.381 e. The number of likely N-dealkylation sites (tertiary alicyclic amines) is 1. The van der Waals surface area contributed by atoms with E-state index in [1.165, 1.54) is 10.6 Å². The van der Waals surface area contributed by atoms with Crippen molar-refractivity contribution in [1.29, 1.82) is 0 Å². The molecule has 0 bridgehead atoms. The minimum atomic E-state index is -0.384. The molecule has 158 valence electrons. The van der Waals surface area contributed by atoms with E-state index >= 15 is 0 Å². The lowest BCUT2D eigenvalue weighted by Gasteiger charge is -2.39. The number of fused-ring (bicyclic) bond motifs is 1. The van der Waals surface area contributed by atoms with E-state index in [2.05, 4.69) is 41.3 Å². The average Bonchev–Trinajstić information content (AvgIpc) is 2.98. The smallest absolute Gasteiger partial charge is 0.335 e. The highest BCUT2D eigenvalue weighted by molar-refractivity contribution is 5.77. The number of ether oxygens (including phenoxy) is 1. The lowest BCUT2D eigenvalue weighted by molar-refractivity contribution is 0.0715. The summed E-state index contributed by atoms with van der Waals surface area (Å²) in [7, 11) is 0. The van der Waals surface area contributed by atoms with E-state index in [-0.39, 0.29) is 29.9 Å². The van der Waals surface area contributed by atoms with Gasteiger partial charge in [0.05, 0.1) is 17.6 Å². The van der Waals surface area contributed by atoms with Crippen LogP contribution in [0.3, 0.4) is 0 Å². The first-order chi connectivity index (χ1) is 13.5. The van der Waals surface area contributed by atoms with Crippen molar-refractivity contribution in [3.8, 4) is 0 Å². The largest absolute Gasteiger partial charge is 0.381 e. The second kappa shape index (κ2) is 8.16. The summed E-state index contributed by atoms with van der Waals surface area (Å²) in [5.74, 6) is 6.26. The van der Waals surface area contributed by atoms with Crippen LogP contribution in [0.25, 0.3) is 0 Å².